The monoisotopic (exact) mass is 396 g/mol. The van der Waals surface area contributed by atoms with Gasteiger partial charge in [0.25, 0.3) is 0 Å². The number of ether oxygens (including phenoxy) is 2. The molecule has 1 aliphatic carbocycles. The van der Waals surface area contributed by atoms with E-state index in [0.29, 0.717) is 13.1 Å². The normalized spacial score (nSPS) is 14.8. The zero-order valence-electron chi connectivity index (χ0n) is 17.0. The lowest BCUT2D eigenvalue weighted by Gasteiger charge is -2.30. The third-order valence-electron chi connectivity index (χ3n) is 5.67. The molecule has 1 saturated carbocycles. The number of benzene rings is 2. The van der Waals surface area contributed by atoms with Crippen molar-refractivity contribution in [3.63, 3.8) is 0 Å². The maximum absolute atomic E-state index is 12.3. The minimum atomic E-state index is -0.622. The number of nitrogens with one attached hydrogen (secondary N) is 2. The topological polar surface area (TPSA) is 76.7 Å². The summed E-state index contributed by atoms with van der Waals surface area (Å²) in [5.41, 5.74) is 1.95. The van der Waals surface area contributed by atoms with E-state index >= 15 is 0 Å². The minimum absolute atomic E-state index is 0.127. The second-order valence-corrected chi connectivity index (χ2v) is 7.43. The van der Waals surface area contributed by atoms with E-state index in [2.05, 4.69) is 22.8 Å². The van der Waals surface area contributed by atoms with Gasteiger partial charge >= 0.3 is 11.8 Å². The van der Waals surface area contributed by atoms with Gasteiger partial charge in [0.05, 0.1) is 14.2 Å². The van der Waals surface area contributed by atoms with Gasteiger partial charge in [0, 0.05) is 18.5 Å². The molecule has 154 valence electrons. The van der Waals surface area contributed by atoms with Crippen LogP contribution in [0, 0.1) is 0 Å². The lowest BCUT2D eigenvalue weighted by molar-refractivity contribution is -0.139. The number of hydrogen-bond donors (Lipinski definition) is 2. The van der Waals surface area contributed by atoms with Crippen molar-refractivity contribution < 1.29 is 19.1 Å². The summed E-state index contributed by atoms with van der Waals surface area (Å²) in [7, 11) is 3.25. The third kappa shape index (κ3) is 5.08. The first-order chi connectivity index (χ1) is 14.1. The van der Waals surface area contributed by atoms with Crippen LogP contribution < -0.4 is 20.1 Å². The molecule has 6 nitrogen and oxygen atoms in total. The molecule has 0 atom stereocenters. The van der Waals surface area contributed by atoms with Crippen LogP contribution in [0.1, 0.15) is 36.8 Å². The average molecular weight is 396 g/mol. The van der Waals surface area contributed by atoms with Gasteiger partial charge in [-0.05, 0) is 48.2 Å². The number of methoxy groups -OCH3 is 2. The molecule has 3 rings (SSSR count). The largest absolute Gasteiger partial charge is 0.497 e. The van der Waals surface area contributed by atoms with Crippen molar-refractivity contribution in [2.45, 2.75) is 37.6 Å². The van der Waals surface area contributed by atoms with Gasteiger partial charge in [-0.1, -0.05) is 37.1 Å². The molecule has 0 aromatic heterocycles. The van der Waals surface area contributed by atoms with E-state index in [1.54, 1.807) is 14.2 Å². The Morgan fingerprint density at radius 3 is 1.90 bits per heavy atom. The molecular weight excluding hydrogens is 368 g/mol. The van der Waals surface area contributed by atoms with Crippen LogP contribution in [0.2, 0.25) is 0 Å². The quantitative estimate of drug-likeness (QED) is 0.706. The molecule has 6 heteroatoms. The van der Waals surface area contributed by atoms with E-state index in [0.717, 1.165) is 42.7 Å². The van der Waals surface area contributed by atoms with Crippen molar-refractivity contribution >= 4 is 11.8 Å². The van der Waals surface area contributed by atoms with E-state index < -0.39 is 11.8 Å². The van der Waals surface area contributed by atoms with Gasteiger partial charge in [-0.3, -0.25) is 9.59 Å². The predicted octanol–water partition coefficient (Wildman–Crippen LogP) is 2.95. The molecule has 0 saturated heterocycles. The van der Waals surface area contributed by atoms with Crippen molar-refractivity contribution in [3.8, 4) is 11.5 Å². The maximum atomic E-state index is 12.3. The van der Waals surface area contributed by atoms with Gasteiger partial charge in [0.15, 0.2) is 0 Å². The van der Waals surface area contributed by atoms with Crippen molar-refractivity contribution in [1.82, 2.24) is 10.6 Å². The Bertz CT molecular complexity index is 825. The van der Waals surface area contributed by atoms with Crippen LogP contribution in [-0.4, -0.2) is 32.6 Å². The molecule has 29 heavy (non-hydrogen) atoms. The third-order valence-corrected chi connectivity index (χ3v) is 5.67. The van der Waals surface area contributed by atoms with Crippen LogP contribution in [0.25, 0.3) is 0 Å². The summed E-state index contributed by atoms with van der Waals surface area (Å²) in [6, 6.07) is 15.3. The summed E-state index contributed by atoms with van der Waals surface area (Å²) in [4.78, 5) is 24.5. The molecule has 0 unspecified atom stereocenters. The SMILES string of the molecule is COc1ccc(CNC(=O)C(=O)NCC2(c3ccc(OC)cc3)CCCC2)cc1. The number of rotatable bonds is 7. The van der Waals surface area contributed by atoms with E-state index in [1.807, 2.05) is 36.4 Å². The summed E-state index contributed by atoms with van der Waals surface area (Å²) in [6.45, 7) is 0.744. The van der Waals surface area contributed by atoms with Crippen molar-refractivity contribution in [2.75, 3.05) is 20.8 Å². The highest BCUT2D eigenvalue weighted by Gasteiger charge is 2.36. The van der Waals surface area contributed by atoms with Crippen LogP contribution in [0.4, 0.5) is 0 Å². The molecule has 0 aliphatic heterocycles. The maximum Gasteiger partial charge on any atom is 0.309 e. The second-order valence-electron chi connectivity index (χ2n) is 7.43. The second kappa shape index (κ2) is 9.45. The Labute approximate surface area is 171 Å². The van der Waals surface area contributed by atoms with Crippen LogP contribution in [0.3, 0.4) is 0 Å². The van der Waals surface area contributed by atoms with E-state index in [9.17, 15) is 9.59 Å². The Balaban J connectivity index is 1.55. The molecule has 2 N–H and O–H groups in total. The Hall–Kier alpha value is -3.02. The van der Waals surface area contributed by atoms with Gasteiger partial charge in [0.2, 0.25) is 0 Å². The molecule has 0 bridgehead atoms. The molecule has 0 spiro atoms. The van der Waals surface area contributed by atoms with E-state index in [-0.39, 0.29) is 5.41 Å². The van der Waals surface area contributed by atoms with E-state index in [4.69, 9.17) is 9.47 Å². The molecule has 0 heterocycles. The van der Waals surface area contributed by atoms with Crippen molar-refractivity contribution in [2.24, 2.45) is 0 Å². The zero-order valence-corrected chi connectivity index (χ0v) is 17.0. The smallest absolute Gasteiger partial charge is 0.309 e. The molecule has 0 radical (unpaired) electrons. The zero-order chi connectivity index (χ0) is 20.7. The first-order valence-electron chi connectivity index (χ1n) is 9.90. The summed E-state index contributed by atoms with van der Waals surface area (Å²) in [5.74, 6) is 0.337. The van der Waals surface area contributed by atoms with Gasteiger partial charge < -0.3 is 20.1 Å². The average Bonchev–Trinajstić information content (AvgIpc) is 3.26. The Morgan fingerprint density at radius 1 is 0.828 bits per heavy atom. The molecule has 2 aromatic carbocycles. The first kappa shape index (κ1) is 20.7. The lowest BCUT2D eigenvalue weighted by atomic mass is 9.78. The minimum Gasteiger partial charge on any atom is -0.497 e. The van der Waals surface area contributed by atoms with Gasteiger partial charge in [-0.2, -0.15) is 0 Å². The van der Waals surface area contributed by atoms with E-state index in [1.165, 1.54) is 5.56 Å². The van der Waals surface area contributed by atoms with Crippen LogP contribution in [-0.2, 0) is 21.5 Å². The van der Waals surface area contributed by atoms with Crippen LogP contribution >= 0.6 is 0 Å². The predicted molar refractivity (Wildman–Crippen MR) is 111 cm³/mol. The van der Waals surface area contributed by atoms with Crippen LogP contribution in [0.15, 0.2) is 48.5 Å². The number of amides is 2. The fourth-order valence-electron chi connectivity index (χ4n) is 3.90. The number of hydrogen-bond acceptors (Lipinski definition) is 4. The Kier molecular flexibility index (Phi) is 6.75. The first-order valence-corrected chi connectivity index (χ1v) is 9.90. The highest BCUT2D eigenvalue weighted by molar-refractivity contribution is 6.35. The van der Waals surface area contributed by atoms with Crippen LogP contribution in [0.5, 0.6) is 11.5 Å². The van der Waals surface area contributed by atoms with Crippen molar-refractivity contribution in [3.05, 3.63) is 59.7 Å². The van der Waals surface area contributed by atoms with Gasteiger partial charge in [-0.25, -0.2) is 0 Å². The number of carbonyl (C=O) groups excluding carboxylic acids is 2. The highest BCUT2D eigenvalue weighted by Crippen LogP contribution is 2.41. The standard InChI is InChI=1S/C23H28N2O4/c1-28-19-9-5-17(6-10-19)15-24-21(26)22(27)25-16-23(13-3-4-14-23)18-7-11-20(29-2)12-8-18/h5-12H,3-4,13-16H2,1-2H3,(H,24,26)(H,25,27). The summed E-state index contributed by atoms with van der Waals surface area (Å²) < 4.78 is 10.4. The highest BCUT2D eigenvalue weighted by atomic mass is 16.5. The fraction of sp³-hybridized carbons (Fsp3) is 0.391. The summed E-state index contributed by atoms with van der Waals surface area (Å²) in [6.07, 6.45) is 4.22. The van der Waals surface area contributed by atoms with Gasteiger partial charge in [0.1, 0.15) is 11.5 Å². The molecule has 1 fully saturated rings. The Morgan fingerprint density at radius 2 is 1.34 bits per heavy atom. The van der Waals surface area contributed by atoms with Crippen molar-refractivity contribution in [1.29, 1.82) is 0 Å². The van der Waals surface area contributed by atoms with Gasteiger partial charge in [-0.15, -0.1) is 0 Å². The molecule has 1 aliphatic rings. The summed E-state index contributed by atoms with van der Waals surface area (Å²) >= 11 is 0. The summed E-state index contributed by atoms with van der Waals surface area (Å²) in [5, 5.41) is 5.52. The lowest BCUT2D eigenvalue weighted by Crippen LogP contribution is -2.45. The molecule has 2 amide bonds. The fourth-order valence-corrected chi connectivity index (χ4v) is 3.90. The number of carbonyl (C=O) groups is 2. The molecule has 2 aromatic rings. The molecular formula is C23H28N2O4.